The molecule has 1 heterocycles. The largest absolute Gasteiger partial charge is 0.497 e. The molecule has 0 aromatic heterocycles. The van der Waals surface area contributed by atoms with Gasteiger partial charge in [0, 0.05) is 12.5 Å². The van der Waals surface area contributed by atoms with Crippen LogP contribution >= 0.6 is 0 Å². The van der Waals surface area contributed by atoms with E-state index in [2.05, 4.69) is 0 Å². The van der Waals surface area contributed by atoms with Gasteiger partial charge in [0.1, 0.15) is 11.9 Å². The molecule has 210 valence electrons. The fourth-order valence-electron chi connectivity index (χ4n) is 4.49. The van der Waals surface area contributed by atoms with Crippen molar-refractivity contribution in [2.45, 2.75) is 56.4 Å². The van der Waals surface area contributed by atoms with Crippen LogP contribution < -0.4 is 4.74 Å². The number of aryl methyl sites for hydroxylation is 1. The first-order chi connectivity index (χ1) is 18.7. The summed E-state index contributed by atoms with van der Waals surface area (Å²) in [6.07, 6.45) is -1.58. The van der Waals surface area contributed by atoms with Crippen LogP contribution in [0.1, 0.15) is 30.0 Å². The number of benzene rings is 3. The molecule has 1 fully saturated rings. The first kappa shape index (κ1) is 29.2. The summed E-state index contributed by atoms with van der Waals surface area (Å²) < 4.78 is 54.7. The molecule has 0 bridgehead atoms. The second kappa shape index (κ2) is 13.0. The lowest BCUT2D eigenvalue weighted by Gasteiger charge is -2.46. The molecule has 4 atom stereocenters. The Labute approximate surface area is 230 Å². The zero-order valence-electron chi connectivity index (χ0n) is 22.5. The maximum atomic E-state index is 13.0. The number of hydrogen-bond acceptors (Lipinski definition) is 8. The van der Waals surface area contributed by atoms with Crippen LogP contribution in [-0.4, -0.2) is 51.8 Å². The Morgan fingerprint density at radius 1 is 0.949 bits per heavy atom. The quantitative estimate of drug-likeness (QED) is 0.255. The van der Waals surface area contributed by atoms with Crippen LogP contribution in [0.25, 0.3) is 0 Å². The Balaban J connectivity index is 1.47. The van der Waals surface area contributed by atoms with Crippen molar-refractivity contribution in [3.05, 3.63) is 95.6 Å². The molecule has 4 rings (SSSR count). The van der Waals surface area contributed by atoms with Crippen molar-refractivity contribution in [1.29, 1.82) is 0 Å². The van der Waals surface area contributed by atoms with E-state index in [9.17, 15) is 13.5 Å². The van der Waals surface area contributed by atoms with Gasteiger partial charge >= 0.3 is 0 Å². The van der Waals surface area contributed by atoms with Crippen molar-refractivity contribution in [2.24, 2.45) is 5.92 Å². The number of rotatable bonds is 12. The van der Waals surface area contributed by atoms with Gasteiger partial charge in [0.05, 0.1) is 37.4 Å². The summed E-state index contributed by atoms with van der Waals surface area (Å²) in [5.74, 6) is 0.109. The summed E-state index contributed by atoms with van der Waals surface area (Å²) in [5, 5.41) is 11.7. The van der Waals surface area contributed by atoms with Gasteiger partial charge in [0.15, 0.2) is 6.29 Å². The topological polar surface area (TPSA) is 101 Å². The van der Waals surface area contributed by atoms with Gasteiger partial charge in [-0.15, -0.1) is 0 Å². The zero-order chi connectivity index (χ0) is 27.9. The molecule has 3 aromatic carbocycles. The van der Waals surface area contributed by atoms with Crippen molar-refractivity contribution in [2.75, 3.05) is 20.3 Å². The van der Waals surface area contributed by atoms with E-state index >= 15 is 0 Å². The molecule has 3 aromatic rings. The maximum absolute atomic E-state index is 13.0. The molecule has 1 N–H and O–H groups in total. The molecule has 0 aliphatic carbocycles. The van der Waals surface area contributed by atoms with Gasteiger partial charge in [0.25, 0.3) is 10.1 Å². The van der Waals surface area contributed by atoms with Gasteiger partial charge in [-0.3, -0.25) is 4.18 Å². The average Bonchev–Trinajstić information content (AvgIpc) is 2.93. The van der Waals surface area contributed by atoms with Crippen LogP contribution in [-0.2, 0) is 41.7 Å². The Morgan fingerprint density at radius 3 is 2.28 bits per heavy atom. The van der Waals surface area contributed by atoms with Gasteiger partial charge < -0.3 is 24.1 Å². The molecule has 0 saturated carbocycles. The fraction of sp³-hybridized carbons (Fsp3) is 0.400. The average molecular weight is 557 g/mol. The number of aliphatic hydroxyl groups is 1. The predicted octanol–water partition coefficient (Wildman–Crippen LogP) is 4.62. The Hall–Kier alpha value is -2.79. The van der Waals surface area contributed by atoms with Gasteiger partial charge in [-0.2, -0.15) is 8.42 Å². The van der Waals surface area contributed by atoms with Crippen LogP contribution in [0.15, 0.2) is 83.8 Å². The number of methoxy groups -OCH3 is 1. The minimum atomic E-state index is -4.14. The third-order valence-electron chi connectivity index (χ3n) is 6.95. The van der Waals surface area contributed by atoms with Crippen molar-refractivity contribution < 1.29 is 36.7 Å². The first-order valence-corrected chi connectivity index (χ1v) is 14.3. The fourth-order valence-corrected chi connectivity index (χ4v) is 5.62. The Bertz CT molecular complexity index is 1270. The van der Waals surface area contributed by atoms with Crippen molar-refractivity contribution in [3.63, 3.8) is 0 Å². The third-order valence-corrected chi connectivity index (χ3v) is 8.29. The monoisotopic (exact) mass is 556 g/mol. The van der Waals surface area contributed by atoms with Gasteiger partial charge in [-0.1, -0.05) is 60.2 Å². The SMILES string of the molecule is COc1ccc(COC2OC[C@@H](OS(=O)(=O)c3ccc(C)cc3)[C@@](C)(O)C2CCOCc2ccccc2)cc1. The van der Waals surface area contributed by atoms with E-state index < -0.39 is 34.0 Å². The van der Waals surface area contributed by atoms with E-state index in [1.807, 2.05) is 61.5 Å². The first-order valence-electron chi connectivity index (χ1n) is 12.9. The zero-order valence-corrected chi connectivity index (χ0v) is 23.3. The number of hydrogen-bond donors (Lipinski definition) is 1. The van der Waals surface area contributed by atoms with Crippen LogP contribution in [0.2, 0.25) is 0 Å². The lowest BCUT2D eigenvalue weighted by Crippen LogP contribution is -2.59. The summed E-state index contributed by atoms with van der Waals surface area (Å²) in [7, 11) is -2.53. The van der Waals surface area contributed by atoms with Crippen molar-refractivity contribution in [3.8, 4) is 5.75 Å². The van der Waals surface area contributed by atoms with E-state index in [-0.39, 0.29) is 18.1 Å². The van der Waals surface area contributed by atoms with Gasteiger partial charge in [0.2, 0.25) is 0 Å². The lowest BCUT2D eigenvalue weighted by molar-refractivity contribution is -0.282. The van der Waals surface area contributed by atoms with Crippen LogP contribution in [0.5, 0.6) is 5.75 Å². The highest BCUT2D eigenvalue weighted by Gasteiger charge is 2.51. The van der Waals surface area contributed by atoms with E-state index in [1.54, 1.807) is 26.2 Å². The van der Waals surface area contributed by atoms with Crippen molar-refractivity contribution in [1.82, 2.24) is 0 Å². The molecular formula is C30H36O8S. The van der Waals surface area contributed by atoms with Gasteiger partial charge in [-0.05, 0) is 55.7 Å². The highest BCUT2D eigenvalue weighted by molar-refractivity contribution is 7.86. The van der Waals surface area contributed by atoms with Crippen LogP contribution in [0.3, 0.4) is 0 Å². The standard InChI is InChI=1S/C30H36O8S/c1-22-9-15-26(16-10-22)39(32,33)38-28-21-37-29(36-20-24-11-13-25(34-3)14-12-24)27(30(28,2)31)17-18-35-19-23-7-5-4-6-8-23/h4-16,27-29,31H,17-21H2,1-3H3/t27?,28-,29?,30+/m1/s1. The highest BCUT2D eigenvalue weighted by atomic mass is 32.2. The van der Waals surface area contributed by atoms with Gasteiger partial charge in [-0.25, -0.2) is 0 Å². The second-order valence-corrected chi connectivity index (χ2v) is 11.4. The molecule has 0 amide bonds. The molecule has 0 radical (unpaired) electrons. The molecule has 39 heavy (non-hydrogen) atoms. The molecular weight excluding hydrogens is 520 g/mol. The molecule has 1 saturated heterocycles. The summed E-state index contributed by atoms with van der Waals surface area (Å²) in [4.78, 5) is 0.0181. The molecule has 9 heteroatoms. The Morgan fingerprint density at radius 2 is 1.62 bits per heavy atom. The molecule has 2 unspecified atom stereocenters. The highest BCUT2D eigenvalue weighted by Crippen LogP contribution is 2.37. The van der Waals surface area contributed by atoms with E-state index in [1.165, 1.54) is 12.1 Å². The lowest BCUT2D eigenvalue weighted by atomic mass is 9.80. The molecule has 8 nitrogen and oxygen atoms in total. The third kappa shape index (κ3) is 7.66. The summed E-state index contributed by atoms with van der Waals surface area (Å²) in [6, 6.07) is 23.6. The second-order valence-electron chi connectivity index (χ2n) is 9.87. The van der Waals surface area contributed by atoms with Crippen molar-refractivity contribution >= 4 is 10.1 Å². The number of ether oxygens (including phenoxy) is 4. The summed E-state index contributed by atoms with van der Waals surface area (Å²) in [5.41, 5.74) is 1.27. The predicted molar refractivity (Wildman–Crippen MR) is 146 cm³/mol. The smallest absolute Gasteiger partial charge is 0.297 e. The minimum Gasteiger partial charge on any atom is -0.497 e. The van der Waals surface area contributed by atoms with E-state index in [0.717, 1.165) is 22.4 Å². The normalized spacial score (nSPS) is 23.4. The maximum Gasteiger partial charge on any atom is 0.297 e. The summed E-state index contributed by atoms with van der Waals surface area (Å²) >= 11 is 0. The van der Waals surface area contributed by atoms with E-state index in [0.29, 0.717) is 19.6 Å². The van der Waals surface area contributed by atoms with Crippen LogP contribution in [0, 0.1) is 12.8 Å². The van der Waals surface area contributed by atoms with E-state index in [4.69, 9.17) is 23.1 Å². The minimum absolute atomic E-state index is 0.0181. The molecule has 1 aliphatic heterocycles. The Kier molecular flexibility index (Phi) is 9.76. The molecule has 0 spiro atoms. The molecule has 1 aliphatic rings. The van der Waals surface area contributed by atoms with Crippen LogP contribution in [0.4, 0.5) is 0 Å². The summed E-state index contributed by atoms with van der Waals surface area (Å²) in [6.45, 7) is 4.23.